The van der Waals surface area contributed by atoms with Crippen LogP contribution in [-0.2, 0) is 6.54 Å². The van der Waals surface area contributed by atoms with Crippen LogP contribution in [0, 0.1) is 0 Å². The number of rotatable bonds is 4. The van der Waals surface area contributed by atoms with E-state index in [-0.39, 0.29) is 6.10 Å². The van der Waals surface area contributed by atoms with Crippen molar-refractivity contribution in [2.75, 3.05) is 19.3 Å². The molecule has 0 aliphatic heterocycles. The second-order valence-corrected chi connectivity index (χ2v) is 4.38. The summed E-state index contributed by atoms with van der Waals surface area (Å²) in [5.41, 5.74) is 7.84. The molecule has 0 amide bonds. The number of aliphatic hydroxyl groups excluding tert-OH is 1. The van der Waals surface area contributed by atoms with Crippen molar-refractivity contribution in [3.63, 3.8) is 0 Å². The van der Waals surface area contributed by atoms with Gasteiger partial charge in [-0.25, -0.2) is 4.98 Å². The lowest BCUT2D eigenvalue weighted by Crippen LogP contribution is -2.26. The molecule has 0 bridgehead atoms. The number of hydrogen-bond donors (Lipinski definition) is 2. The molecule has 0 aliphatic rings. The second kappa shape index (κ2) is 4.73. The van der Waals surface area contributed by atoms with E-state index in [0.29, 0.717) is 30.3 Å². The predicted octanol–water partition coefficient (Wildman–Crippen LogP) is 1.22. The summed E-state index contributed by atoms with van der Waals surface area (Å²) in [6, 6.07) is 5.40. The smallest absolute Gasteiger partial charge is 0.209 e. The third kappa shape index (κ3) is 2.95. The largest absolute Gasteiger partial charge is 0.439 e. The minimum Gasteiger partial charge on any atom is -0.439 e. The summed E-state index contributed by atoms with van der Waals surface area (Å²) in [5.74, 6) is 0.633. The summed E-state index contributed by atoms with van der Waals surface area (Å²) in [6.45, 7) is 2.91. The number of benzene rings is 1. The lowest BCUT2D eigenvalue weighted by Gasteiger charge is -2.15. The number of aliphatic hydroxyl groups is 1. The number of oxazole rings is 1. The van der Waals surface area contributed by atoms with Crippen LogP contribution >= 0.6 is 0 Å². The topological polar surface area (TPSA) is 75.5 Å². The van der Waals surface area contributed by atoms with Crippen molar-refractivity contribution in [1.82, 2.24) is 9.88 Å². The van der Waals surface area contributed by atoms with Crippen LogP contribution in [0.1, 0.15) is 12.8 Å². The standard InChI is InChI=1S/C12H17N3O2/c1-8(16)6-15(2)7-12-14-10-4-3-9(13)5-11(10)17-12/h3-5,8,16H,6-7,13H2,1-2H3. The first-order chi connectivity index (χ1) is 8.04. The molecule has 0 fully saturated rings. The number of fused-ring (bicyclic) bond motifs is 1. The van der Waals surface area contributed by atoms with E-state index in [1.807, 2.05) is 18.0 Å². The first kappa shape index (κ1) is 11.9. The lowest BCUT2D eigenvalue weighted by molar-refractivity contribution is 0.133. The van der Waals surface area contributed by atoms with Crippen LogP contribution in [0.5, 0.6) is 0 Å². The SMILES string of the molecule is CC(O)CN(C)Cc1nc2ccc(N)cc2o1. The highest BCUT2D eigenvalue weighted by molar-refractivity contribution is 5.76. The Labute approximate surface area is 99.8 Å². The summed E-state index contributed by atoms with van der Waals surface area (Å²) in [7, 11) is 1.91. The molecule has 17 heavy (non-hydrogen) atoms. The first-order valence-electron chi connectivity index (χ1n) is 5.56. The van der Waals surface area contributed by atoms with Gasteiger partial charge in [-0.05, 0) is 26.1 Å². The van der Waals surface area contributed by atoms with Crippen LogP contribution < -0.4 is 5.73 Å². The van der Waals surface area contributed by atoms with Gasteiger partial charge in [-0.3, -0.25) is 4.90 Å². The van der Waals surface area contributed by atoms with Gasteiger partial charge in [-0.1, -0.05) is 0 Å². The van der Waals surface area contributed by atoms with E-state index in [0.717, 1.165) is 5.52 Å². The number of nitrogens with two attached hydrogens (primary N) is 1. The van der Waals surface area contributed by atoms with Crippen LogP contribution in [0.15, 0.2) is 22.6 Å². The fraction of sp³-hybridized carbons (Fsp3) is 0.417. The van der Waals surface area contributed by atoms with Crippen LogP contribution in [0.2, 0.25) is 0 Å². The number of anilines is 1. The van der Waals surface area contributed by atoms with E-state index in [1.165, 1.54) is 0 Å². The summed E-state index contributed by atoms with van der Waals surface area (Å²) in [6.07, 6.45) is -0.361. The molecule has 2 aromatic rings. The Bertz CT molecular complexity index is 507. The fourth-order valence-electron chi connectivity index (χ4n) is 1.80. The summed E-state index contributed by atoms with van der Waals surface area (Å²) >= 11 is 0. The zero-order valence-corrected chi connectivity index (χ0v) is 10.1. The molecule has 92 valence electrons. The molecule has 0 saturated heterocycles. The number of likely N-dealkylation sites (N-methyl/N-ethyl adjacent to an activating group) is 1. The van der Waals surface area contributed by atoms with E-state index >= 15 is 0 Å². The van der Waals surface area contributed by atoms with Crippen molar-refractivity contribution in [2.45, 2.75) is 19.6 Å². The molecule has 0 spiro atoms. The number of hydrogen-bond acceptors (Lipinski definition) is 5. The lowest BCUT2D eigenvalue weighted by atomic mass is 10.3. The van der Waals surface area contributed by atoms with Crippen LogP contribution in [0.3, 0.4) is 0 Å². The zero-order chi connectivity index (χ0) is 12.4. The second-order valence-electron chi connectivity index (χ2n) is 4.38. The molecule has 1 unspecified atom stereocenters. The van der Waals surface area contributed by atoms with Gasteiger partial charge < -0.3 is 15.3 Å². The van der Waals surface area contributed by atoms with Crippen molar-refractivity contribution in [1.29, 1.82) is 0 Å². The normalized spacial score (nSPS) is 13.4. The van der Waals surface area contributed by atoms with Crippen molar-refractivity contribution in [3.05, 3.63) is 24.1 Å². The molecule has 0 saturated carbocycles. The molecular formula is C12H17N3O2. The molecule has 5 nitrogen and oxygen atoms in total. The first-order valence-corrected chi connectivity index (χ1v) is 5.56. The minimum absolute atomic E-state index is 0.361. The quantitative estimate of drug-likeness (QED) is 0.779. The Morgan fingerprint density at radius 1 is 1.53 bits per heavy atom. The predicted molar refractivity (Wildman–Crippen MR) is 66.4 cm³/mol. The molecule has 1 aromatic heterocycles. The maximum absolute atomic E-state index is 9.27. The Kier molecular flexibility index (Phi) is 3.31. The molecular weight excluding hydrogens is 218 g/mol. The van der Waals surface area contributed by atoms with Crippen molar-refractivity contribution < 1.29 is 9.52 Å². The van der Waals surface area contributed by atoms with E-state index < -0.39 is 0 Å². The number of nitrogens with zero attached hydrogens (tertiary/aromatic N) is 2. The zero-order valence-electron chi connectivity index (χ0n) is 10.1. The van der Waals surface area contributed by atoms with Crippen LogP contribution in [0.25, 0.3) is 11.1 Å². The van der Waals surface area contributed by atoms with E-state index in [4.69, 9.17) is 10.2 Å². The van der Waals surface area contributed by atoms with Gasteiger partial charge in [0.25, 0.3) is 0 Å². The van der Waals surface area contributed by atoms with Gasteiger partial charge in [-0.2, -0.15) is 0 Å². The Balaban J connectivity index is 2.14. The van der Waals surface area contributed by atoms with Crippen LogP contribution in [-0.4, -0.2) is 34.7 Å². The van der Waals surface area contributed by atoms with E-state index in [1.54, 1.807) is 19.1 Å². The Morgan fingerprint density at radius 2 is 2.29 bits per heavy atom. The van der Waals surface area contributed by atoms with Crippen LogP contribution in [0.4, 0.5) is 5.69 Å². The molecule has 3 N–H and O–H groups in total. The van der Waals surface area contributed by atoms with Gasteiger partial charge >= 0.3 is 0 Å². The average Bonchev–Trinajstić information content (AvgIpc) is 2.57. The number of aromatic nitrogens is 1. The minimum atomic E-state index is -0.361. The van der Waals surface area contributed by atoms with Gasteiger partial charge in [0.05, 0.1) is 12.6 Å². The summed E-state index contributed by atoms with van der Waals surface area (Å²) < 4.78 is 5.59. The molecule has 1 atom stereocenters. The molecule has 5 heteroatoms. The molecule has 1 heterocycles. The van der Waals surface area contributed by atoms with E-state index in [9.17, 15) is 5.11 Å². The highest BCUT2D eigenvalue weighted by Gasteiger charge is 2.10. The molecule has 0 aliphatic carbocycles. The summed E-state index contributed by atoms with van der Waals surface area (Å²) in [5, 5.41) is 9.27. The maximum Gasteiger partial charge on any atom is 0.209 e. The van der Waals surface area contributed by atoms with Crippen molar-refractivity contribution >= 4 is 16.8 Å². The van der Waals surface area contributed by atoms with Gasteiger partial charge in [-0.15, -0.1) is 0 Å². The monoisotopic (exact) mass is 235 g/mol. The number of nitrogen functional groups attached to an aromatic ring is 1. The Hall–Kier alpha value is -1.59. The molecule has 2 rings (SSSR count). The average molecular weight is 235 g/mol. The third-order valence-electron chi connectivity index (χ3n) is 2.44. The van der Waals surface area contributed by atoms with Gasteiger partial charge in [0.1, 0.15) is 5.52 Å². The third-order valence-corrected chi connectivity index (χ3v) is 2.44. The van der Waals surface area contributed by atoms with Crippen molar-refractivity contribution in [2.24, 2.45) is 0 Å². The van der Waals surface area contributed by atoms with Gasteiger partial charge in [0, 0.05) is 18.3 Å². The van der Waals surface area contributed by atoms with Crippen molar-refractivity contribution in [3.8, 4) is 0 Å². The highest BCUT2D eigenvalue weighted by Crippen LogP contribution is 2.19. The molecule has 0 radical (unpaired) electrons. The fourth-order valence-corrected chi connectivity index (χ4v) is 1.80. The highest BCUT2D eigenvalue weighted by atomic mass is 16.3. The van der Waals surface area contributed by atoms with Gasteiger partial charge in [0.2, 0.25) is 5.89 Å². The Morgan fingerprint density at radius 3 is 3.00 bits per heavy atom. The summed E-state index contributed by atoms with van der Waals surface area (Å²) in [4.78, 5) is 6.31. The molecule has 1 aromatic carbocycles. The van der Waals surface area contributed by atoms with E-state index in [2.05, 4.69) is 4.98 Å². The maximum atomic E-state index is 9.27. The van der Waals surface area contributed by atoms with Gasteiger partial charge in [0.15, 0.2) is 5.58 Å².